The number of carbonyl (C=O) groups is 1. The first kappa shape index (κ1) is 13.3. The third-order valence-corrected chi connectivity index (χ3v) is 3.71. The fourth-order valence-corrected chi connectivity index (χ4v) is 2.37. The molecule has 0 saturated carbocycles. The lowest BCUT2D eigenvalue weighted by molar-refractivity contribution is 0.0987. The zero-order chi connectivity index (χ0) is 13.7. The van der Waals surface area contributed by atoms with Crippen molar-refractivity contribution in [1.29, 1.82) is 0 Å². The van der Waals surface area contributed by atoms with Gasteiger partial charge in [-0.2, -0.15) is 0 Å². The molecule has 0 bridgehead atoms. The number of carbonyl (C=O) groups excluding carboxylic acids is 1. The van der Waals surface area contributed by atoms with Gasteiger partial charge in [0, 0.05) is 12.4 Å². The van der Waals surface area contributed by atoms with Crippen molar-refractivity contribution in [2.24, 2.45) is 0 Å². The normalized spacial score (nSPS) is 11.2. The van der Waals surface area contributed by atoms with Crippen LogP contribution in [0, 0.1) is 0 Å². The van der Waals surface area contributed by atoms with E-state index in [4.69, 9.17) is 0 Å². The molecule has 0 amide bonds. The smallest absolute Gasteiger partial charge is 0.240 e. The number of sulfonamides is 1. The molecule has 2 rings (SSSR count). The van der Waals surface area contributed by atoms with Crippen molar-refractivity contribution in [3.8, 4) is 0 Å². The van der Waals surface area contributed by atoms with Crippen LogP contribution in [0.25, 0.3) is 0 Å². The summed E-state index contributed by atoms with van der Waals surface area (Å²) in [5, 5.41) is 0. The second kappa shape index (κ2) is 5.68. The van der Waals surface area contributed by atoms with Crippen LogP contribution in [0.4, 0.5) is 0 Å². The van der Waals surface area contributed by atoms with Crippen molar-refractivity contribution in [3.63, 3.8) is 0 Å². The first-order valence-electron chi connectivity index (χ1n) is 5.44. The molecule has 0 unspecified atom stereocenters. The minimum Gasteiger partial charge on any atom is -0.289 e. The summed E-state index contributed by atoms with van der Waals surface area (Å²) < 4.78 is 25.9. The van der Waals surface area contributed by atoms with Crippen LogP contribution in [0.3, 0.4) is 0 Å². The van der Waals surface area contributed by atoms with Crippen molar-refractivity contribution in [2.75, 3.05) is 6.54 Å². The molecule has 0 atom stereocenters. The molecule has 98 valence electrons. The summed E-state index contributed by atoms with van der Waals surface area (Å²) in [6.45, 7) is -0.374. The third-order valence-electron chi connectivity index (χ3n) is 2.29. The quantitative estimate of drug-likeness (QED) is 0.810. The number of hydrogen-bond donors (Lipinski definition) is 1. The monoisotopic (exact) mass is 277 g/mol. The van der Waals surface area contributed by atoms with Crippen LogP contribution in [0.2, 0.25) is 0 Å². The molecule has 0 saturated heterocycles. The summed E-state index contributed by atoms with van der Waals surface area (Å²) in [6, 6.07) is 9.40. The van der Waals surface area contributed by atoms with E-state index in [1.807, 2.05) is 0 Å². The predicted octanol–water partition coefficient (Wildman–Crippen LogP) is 0.638. The Hall–Kier alpha value is -2.12. The van der Waals surface area contributed by atoms with Crippen molar-refractivity contribution < 1.29 is 13.2 Å². The lowest BCUT2D eigenvalue weighted by atomic mass is 10.4. The summed E-state index contributed by atoms with van der Waals surface area (Å²) in [7, 11) is -3.69. The largest absolute Gasteiger partial charge is 0.289 e. The second-order valence-electron chi connectivity index (χ2n) is 3.63. The maximum Gasteiger partial charge on any atom is 0.240 e. The van der Waals surface area contributed by atoms with Crippen molar-refractivity contribution in [2.45, 2.75) is 4.90 Å². The van der Waals surface area contributed by atoms with Gasteiger partial charge in [0.15, 0.2) is 5.82 Å². The topological polar surface area (TPSA) is 89.0 Å². The average molecular weight is 277 g/mol. The molecule has 1 N–H and O–H groups in total. The minimum atomic E-state index is -3.69. The first-order chi connectivity index (χ1) is 9.09. The van der Waals surface area contributed by atoms with Crippen molar-refractivity contribution in [3.05, 3.63) is 54.6 Å². The average Bonchev–Trinajstić information content (AvgIpc) is 2.47. The van der Waals surface area contributed by atoms with Crippen molar-refractivity contribution >= 4 is 15.8 Å². The Morgan fingerprint density at radius 3 is 2.32 bits per heavy atom. The summed E-state index contributed by atoms with van der Waals surface area (Å²) >= 11 is 0. The van der Waals surface area contributed by atoms with Gasteiger partial charge in [0.1, 0.15) is 0 Å². The third kappa shape index (κ3) is 3.43. The molecule has 0 aliphatic rings. The van der Waals surface area contributed by atoms with Crippen LogP contribution in [-0.4, -0.2) is 30.7 Å². The zero-order valence-electron chi connectivity index (χ0n) is 9.85. The molecule has 0 fully saturated rings. The standard InChI is InChI=1S/C12H11N3O3S/c16-11(12-13-7-4-8-14-12)9-15-19(17,18)10-5-2-1-3-6-10/h1-8,15H,9H2. The maximum absolute atomic E-state index is 11.9. The Labute approximate surface area is 110 Å². The number of aromatic nitrogens is 2. The lowest BCUT2D eigenvalue weighted by Gasteiger charge is -2.05. The summed E-state index contributed by atoms with van der Waals surface area (Å²) in [6.07, 6.45) is 2.85. The summed E-state index contributed by atoms with van der Waals surface area (Å²) in [4.78, 5) is 19.3. The number of hydrogen-bond acceptors (Lipinski definition) is 5. The molecule has 6 nitrogen and oxygen atoms in total. The maximum atomic E-state index is 11.9. The minimum absolute atomic E-state index is 0.0155. The highest BCUT2D eigenvalue weighted by atomic mass is 32.2. The van der Waals surface area contributed by atoms with Crippen LogP contribution in [-0.2, 0) is 10.0 Å². The highest BCUT2D eigenvalue weighted by molar-refractivity contribution is 7.89. The number of rotatable bonds is 5. The van der Waals surface area contributed by atoms with E-state index >= 15 is 0 Å². The molecular weight excluding hydrogens is 266 g/mol. The van der Waals surface area contributed by atoms with Gasteiger partial charge < -0.3 is 0 Å². The van der Waals surface area contributed by atoms with Gasteiger partial charge in [-0.05, 0) is 18.2 Å². The van der Waals surface area contributed by atoms with E-state index < -0.39 is 15.8 Å². The van der Waals surface area contributed by atoms with Crippen LogP contribution in [0.15, 0.2) is 53.7 Å². The zero-order valence-corrected chi connectivity index (χ0v) is 10.7. The van der Waals surface area contributed by atoms with Gasteiger partial charge in [0.2, 0.25) is 15.8 Å². The lowest BCUT2D eigenvalue weighted by Crippen LogP contribution is -2.30. The number of nitrogens with zero attached hydrogens (tertiary/aromatic N) is 2. The molecule has 0 aliphatic heterocycles. The Balaban J connectivity index is 2.05. The molecule has 19 heavy (non-hydrogen) atoms. The van der Waals surface area contributed by atoms with Crippen LogP contribution in [0.5, 0.6) is 0 Å². The van der Waals surface area contributed by atoms with Gasteiger partial charge in [0.05, 0.1) is 11.4 Å². The number of Topliss-reactive ketones (excluding diaryl/α,β-unsaturated/α-hetero) is 1. The molecule has 1 heterocycles. The highest BCUT2D eigenvalue weighted by Gasteiger charge is 2.16. The Kier molecular flexibility index (Phi) is 3.98. The molecule has 0 aliphatic carbocycles. The molecule has 1 aromatic heterocycles. The van der Waals surface area contributed by atoms with Crippen LogP contribution < -0.4 is 4.72 Å². The molecular formula is C12H11N3O3S. The fraction of sp³-hybridized carbons (Fsp3) is 0.0833. The van der Waals surface area contributed by atoms with E-state index in [0.717, 1.165) is 0 Å². The molecule has 7 heteroatoms. The Bertz CT molecular complexity index is 657. The molecule has 1 aromatic carbocycles. The van der Waals surface area contributed by atoms with Gasteiger partial charge in [-0.25, -0.2) is 23.1 Å². The van der Waals surface area contributed by atoms with E-state index in [1.54, 1.807) is 24.3 Å². The predicted molar refractivity (Wildman–Crippen MR) is 68.0 cm³/mol. The van der Waals surface area contributed by atoms with Gasteiger partial charge in [-0.3, -0.25) is 4.79 Å². The van der Waals surface area contributed by atoms with E-state index in [1.165, 1.54) is 24.5 Å². The van der Waals surface area contributed by atoms with E-state index in [2.05, 4.69) is 14.7 Å². The van der Waals surface area contributed by atoms with Gasteiger partial charge in [-0.1, -0.05) is 18.2 Å². The molecule has 0 radical (unpaired) electrons. The second-order valence-corrected chi connectivity index (χ2v) is 5.40. The Morgan fingerprint density at radius 2 is 1.68 bits per heavy atom. The molecule has 0 spiro atoms. The number of nitrogens with one attached hydrogen (secondary N) is 1. The highest BCUT2D eigenvalue weighted by Crippen LogP contribution is 2.06. The van der Waals surface area contributed by atoms with Gasteiger partial charge in [0.25, 0.3) is 0 Å². The van der Waals surface area contributed by atoms with Crippen LogP contribution >= 0.6 is 0 Å². The van der Waals surface area contributed by atoms with E-state index in [-0.39, 0.29) is 17.3 Å². The summed E-state index contributed by atoms with van der Waals surface area (Å²) in [5.41, 5.74) is 0. The summed E-state index contributed by atoms with van der Waals surface area (Å²) in [5.74, 6) is -0.502. The molecule has 2 aromatic rings. The Morgan fingerprint density at radius 1 is 1.05 bits per heavy atom. The number of benzene rings is 1. The van der Waals surface area contributed by atoms with Gasteiger partial charge >= 0.3 is 0 Å². The SMILES string of the molecule is O=C(CNS(=O)(=O)c1ccccc1)c1ncccn1. The van der Waals surface area contributed by atoms with Crippen LogP contribution in [0.1, 0.15) is 10.6 Å². The number of ketones is 1. The first-order valence-corrected chi connectivity index (χ1v) is 6.93. The van der Waals surface area contributed by atoms with E-state index in [9.17, 15) is 13.2 Å². The van der Waals surface area contributed by atoms with Gasteiger partial charge in [-0.15, -0.1) is 0 Å². The fourth-order valence-electron chi connectivity index (χ4n) is 1.37. The van der Waals surface area contributed by atoms with Crippen molar-refractivity contribution in [1.82, 2.24) is 14.7 Å². The van der Waals surface area contributed by atoms with E-state index in [0.29, 0.717) is 0 Å².